The van der Waals surface area contributed by atoms with Gasteiger partial charge in [0.25, 0.3) is 0 Å². The molecule has 0 atom stereocenters. The summed E-state index contributed by atoms with van der Waals surface area (Å²) in [5.41, 5.74) is 0. The summed E-state index contributed by atoms with van der Waals surface area (Å²) in [7, 11) is 0. The molecule has 46 valence electrons. The second kappa shape index (κ2) is 2.13. The summed E-state index contributed by atoms with van der Waals surface area (Å²) in [6, 6.07) is 0. The maximum absolute atomic E-state index is 10.5. The van der Waals surface area contributed by atoms with E-state index in [1.54, 1.807) is 11.8 Å². The van der Waals surface area contributed by atoms with Crippen LogP contribution in [0.15, 0.2) is 0 Å². The van der Waals surface area contributed by atoms with Crippen LogP contribution in [0.2, 0.25) is 0 Å². The van der Waals surface area contributed by atoms with Gasteiger partial charge < -0.3 is 4.90 Å². The van der Waals surface area contributed by atoms with Gasteiger partial charge in [-0.05, 0) is 0 Å². The number of nitrogens with zero attached hydrogens (tertiary/aromatic N) is 1. The Morgan fingerprint density at radius 3 is 2.75 bits per heavy atom. The normalized spacial score (nSPS) is 19.4. The van der Waals surface area contributed by atoms with Gasteiger partial charge in [-0.25, -0.2) is 0 Å². The molecular formula is C5H10N2O. The quantitative estimate of drug-likeness (QED) is 0.456. The van der Waals surface area contributed by atoms with Gasteiger partial charge in [-0.3, -0.25) is 10.1 Å². The van der Waals surface area contributed by atoms with E-state index in [1.165, 1.54) is 0 Å². The highest BCUT2D eigenvalue weighted by atomic mass is 16.2. The molecule has 1 heterocycles. The highest BCUT2D eigenvalue weighted by molar-refractivity contribution is 5.73. The van der Waals surface area contributed by atoms with Crippen LogP contribution in [0.3, 0.4) is 0 Å². The molecular weight excluding hydrogens is 104 g/mol. The highest BCUT2D eigenvalue weighted by Gasteiger charge is 2.11. The van der Waals surface area contributed by atoms with E-state index in [-0.39, 0.29) is 5.91 Å². The van der Waals surface area contributed by atoms with E-state index in [0.29, 0.717) is 0 Å². The minimum absolute atomic E-state index is 0.162. The minimum Gasteiger partial charge on any atom is -0.329 e. The molecule has 0 aromatic rings. The summed E-state index contributed by atoms with van der Waals surface area (Å²) in [5, 5.41) is 3.06. The Balaban J connectivity index is 2.35. The summed E-state index contributed by atoms with van der Waals surface area (Å²) in [5.74, 6) is 0.162. The van der Waals surface area contributed by atoms with Crippen LogP contribution in [0.5, 0.6) is 0 Å². The van der Waals surface area contributed by atoms with Crippen molar-refractivity contribution in [2.45, 2.75) is 6.92 Å². The summed E-state index contributed by atoms with van der Waals surface area (Å²) >= 11 is 0. The van der Waals surface area contributed by atoms with E-state index in [4.69, 9.17) is 0 Å². The first-order valence-corrected chi connectivity index (χ1v) is 2.77. The lowest BCUT2D eigenvalue weighted by atomic mass is 10.6. The Labute approximate surface area is 48.7 Å². The molecule has 0 saturated carbocycles. The Kier molecular flexibility index (Phi) is 1.48. The molecule has 0 aliphatic carbocycles. The van der Waals surface area contributed by atoms with Crippen molar-refractivity contribution >= 4 is 5.91 Å². The number of nitrogens with one attached hydrogen (secondary N) is 1. The van der Waals surface area contributed by atoms with Crippen LogP contribution in [-0.4, -0.2) is 30.6 Å². The van der Waals surface area contributed by atoms with Crippen LogP contribution < -0.4 is 5.32 Å². The fourth-order valence-corrected chi connectivity index (χ4v) is 0.776. The van der Waals surface area contributed by atoms with Crippen molar-refractivity contribution in [3.8, 4) is 0 Å². The van der Waals surface area contributed by atoms with E-state index in [0.717, 1.165) is 19.8 Å². The Morgan fingerprint density at radius 2 is 2.50 bits per heavy atom. The average molecular weight is 114 g/mol. The summed E-state index contributed by atoms with van der Waals surface area (Å²) in [6.45, 7) is 4.14. The molecule has 1 amide bonds. The van der Waals surface area contributed by atoms with Crippen molar-refractivity contribution in [1.82, 2.24) is 10.2 Å². The van der Waals surface area contributed by atoms with Crippen LogP contribution in [0.4, 0.5) is 0 Å². The lowest BCUT2D eigenvalue weighted by Crippen LogP contribution is -2.26. The fourth-order valence-electron chi connectivity index (χ4n) is 0.776. The van der Waals surface area contributed by atoms with E-state index in [9.17, 15) is 4.79 Å². The fraction of sp³-hybridized carbons (Fsp3) is 0.800. The van der Waals surface area contributed by atoms with Gasteiger partial charge in [0.05, 0.1) is 6.67 Å². The Bertz CT molecular complexity index is 96.6. The molecule has 3 heteroatoms. The van der Waals surface area contributed by atoms with E-state index < -0.39 is 0 Å². The predicted octanol–water partition coefficient (Wildman–Crippen LogP) is -0.604. The zero-order valence-electron chi connectivity index (χ0n) is 4.98. The third kappa shape index (κ3) is 0.980. The molecule has 1 aliphatic rings. The van der Waals surface area contributed by atoms with Gasteiger partial charge in [0.1, 0.15) is 0 Å². The zero-order valence-corrected chi connectivity index (χ0v) is 4.98. The van der Waals surface area contributed by atoms with Crippen molar-refractivity contribution < 1.29 is 4.79 Å². The van der Waals surface area contributed by atoms with E-state index in [2.05, 4.69) is 5.32 Å². The molecule has 3 nitrogen and oxygen atoms in total. The predicted molar refractivity (Wildman–Crippen MR) is 30.3 cm³/mol. The molecule has 0 radical (unpaired) electrons. The number of carbonyl (C=O) groups excluding carboxylic acids is 1. The molecule has 8 heavy (non-hydrogen) atoms. The molecule has 0 aromatic heterocycles. The van der Waals surface area contributed by atoms with Crippen LogP contribution in [0.1, 0.15) is 6.92 Å². The topological polar surface area (TPSA) is 32.3 Å². The van der Waals surface area contributed by atoms with E-state index in [1.807, 2.05) is 0 Å². The Morgan fingerprint density at radius 1 is 1.75 bits per heavy atom. The number of hydrogen-bond donors (Lipinski definition) is 1. The number of carbonyl (C=O) groups is 1. The number of hydrogen-bond acceptors (Lipinski definition) is 2. The van der Waals surface area contributed by atoms with Gasteiger partial charge in [0, 0.05) is 20.0 Å². The second-order valence-electron chi connectivity index (χ2n) is 1.94. The minimum atomic E-state index is 0.162. The number of amides is 1. The summed E-state index contributed by atoms with van der Waals surface area (Å²) < 4.78 is 0. The first kappa shape index (κ1) is 5.56. The third-order valence-electron chi connectivity index (χ3n) is 1.31. The lowest BCUT2D eigenvalue weighted by molar-refractivity contribution is -0.127. The molecule has 1 fully saturated rings. The molecule has 0 bridgehead atoms. The first-order valence-electron chi connectivity index (χ1n) is 2.77. The van der Waals surface area contributed by atoms with Gasteiger partial charge in [0.2, 0.25) is 5.91 Å². The van der Waals surface area contributed by atoms with E-state index >= 15 is 0 Å². The monoisotopic (exact) mass is 114 g/mol. The van der Waals surface area contributed by atoms with Crippen molar-refractivity contribution in [1.29, 1.82) is 0 Å². The summed E-state index contributed by atoms with van der Waals surface area (Å²) in [6.07, 6.45) is 0. The standard InChI is InChI=1S/C5H10N2O/c1-5(8)7-3-2-6-4-7/h6H,2-4H2,1H3. The largest absolute Gasteiger partial charge is 0.329 e. The van der Waals surface area contributed by atoms with Gasteiger partial charge in [-0.1, -0.05) is 0 Å². The van der Waals surface area contributed by atoms with Gasteiger partial charge in [-0.2, -0.15) is 0 Å². The second-order valence-corrected chi connectivity index (χ2v) is 1.94. The average Bonchev–Trinajstić information content (AvgIpc) is 2.12. The maximum Gasteiger partial charge on any atom is 0.220 e. The first-order chi connectivity index (χ1) is 3.80. The van der Waals surface area contributed by atoms with Gasteiger partial charge in [-0.15, -0.1) is 0 Å². The van der Waals surface area contributed by atoms with Crippen LogP contribution in [-0.2, 0) is 4.79 Å². The number of rotatable bonds is 0. The summed E-state index contributed by atoms with van der Waals surface area (Å²) in [4.78, 5) is 12.3. The molecule has 1 rings (SSSR count). The SMILES string of the molecule is CC(=O)N1CCNC1. The smallest absolute Gasteiger partial charge is 0.220 e. The molecule has 1 aliphatic heterocycles. The van der Waals surface area contributed by atoms with Crippen LogP contribution in [0, 0.1) is 0 Å². The van der Waals surface area contributed by atoms with Gasteiger partial charge >= 0.3 is 0 Å². The van der Waals surface area contributed by atoms with Crippen molar-refractivity contribution in [3.05, 3.63) is 0 Å². The molecule has 1 N–H and O–H groups in total. The van der Waals surface area contributed by atoms with Crippen LogP contribution in [0.25, 0.3) is 0 Å². The van der Waals surface area contributed by atoms with Crippen LogP contribution >= 0.6 is 0 Å². The molecule has 0 spiro atoms. The Hall–Kier alpha value is -0.570. The lowest BCUT2D eigenvalue weighted by Gasteiger charge is -2.09. The molecule has 0 aromatic carbocycles. The van der Waals surface area contributed by atoms with Gasteiger partial charge in [0.15, 0.2) is 0 Å². The highest BCUT2D eigenvalue weighted by Crippen LogP contribution is 1.90. The third-order valence-corrected chi connectivity index (χ3v) is 1.31. The van der Waals surface area contributed by atoms with Crippen molar-refractivity contribution in [3.63, 3.8) is 0 Å². The molecule has 1 saturated heterocycles. The van der Waals surface area contributed by atoms with Crippen molar-refractivity contribution in [2.75, 3.05) is 19.8 Å². The maximum atomic E-state index is 10.5. The van der Waals surface area contributed by atoms with Crippen molar-refractivity contribution in [2.24, 2.45) is 0 Å². The molecule has 0 unspecified atom stereocenters. The zero-order chi connectivity index (χ0) is 5.98.